The fourth-order valence-electron chi connectivity index (χ4n) is 2.03. The SMILES string of the molecule is CC(C)Sc1ncccc1C(=O)NC[C@@](C)(O)c1cnn(C)c1. The van der Waals surface area contributed by atoms with Crippen LogP contribution in [-0.4, -0.2) is 37.6 Å². The van der Waals surface area contributed by atoms with Crippen molar-refractivity contribution in [1.82, 2.24) is 20.1 Å². The molecule has 1 atom stereocenters. The van der Waals surface area contributed by atoms with Gasteiger partial charge in [0.1, 0.15) is 10.6 Å². The first kappa shape index (κ1) is 17.5. The number of amides is 1. The number of carbonyl (C=O) groups is 1. The number of pyridine rings is 1. The number of carbonyl (C=O) groups excluding carboxylic acids is 1. The van der Waals surface area contributed by atoms with Crippen molar-refractivity contribution >= 4 is 17.7 Å². The van der Waals surface area contributed by atoms with Gasteiger partial charge in [0, 0.05) is 30.3 Å². The number of aromatic nitrogens is 3. The van der Waals surface area contributed by atoms with Crippen LogP contribution in [0.5, 0.6) is 0 Å². The molecule has 2 heterocycles. The van der Waals surface area contributed by atoms with E-state index >= 15 is 0 Å². The van der Waals surface area contributed by atoms with E-state index in [0.29, 0.717) is 21.4 Å². The van der Waals surface area contributed by atoms with Crippen LogP contribution in [0.1, 0.15) is 36.7 Å². The van der Waals surface area contributed by atoms with Crippen molar-refractivity contribution in [2.24, 2.45) is 7.05 Å². The van der Waals surface area contributed by atoms with Gasteiger partial charge in [-0.2, -0.15) is 5.10 Å². The highest BCUT2D eigenvalue weighted by molar-refractivity contribution is 7.99. The van der Waals surface area contributed by atoms with Crippen LogP contribution in [0.3, 0.4) is 0 Å². The largest absolute Gasteiger partial charge is 0.383 e. The molecule has 0 spiro atoms. The highest BCUT2D eigenvalue weighted by Crippen LogP contribution is 2.24. The predicted octanol–water partition coefficient (Wildman–Crippen LogP) is 1.95. The van der Waals surface area contributed by atoms with Crippen LogP contribution in [0, 0.1) is 0 Å². The molecule has 0 fully saturated rings. The Balaban J connectivity index is 2.08. The monoisotopic (exact) mass is 334 g/mol. The van der Waals surface area contributed by atoms with E-state index in [9.17, 15) is 9.90 Å². The van der Waals surface area contributed by atoms with Crippen molar-refractivity contribution in [3.05, 3.63) is 41.9 Å². The van der Waals surface area contributed by atoms with E-state index in [1.54, 1.807) is 49.4 Å². The fraction of sp³-hybridized carbons (Fsp3) is 0.438. The Bertz CT molecular complexity index is 682. The molecule has 0 unspecified atom stereocenters. The molecule has 0 aliphatic heterocycles. The summed E-state index contributed by atoms with van der Waals surface area (Å²) in [4.78, 5) is 16.7. The molecule has 0 bridgehead atoms. The Morgan fingerprint density at radius 2 is 2.26 bits per heavy atom. The Kier molecular flexibility index (Phi) is 5.43. The lowest BCUT2D eigenvalue weighted by Gasteiger charge is -2.22. The van der Waals surface area contributed by atoms with Crippen LogP contribution < -0.4 is 5.32 Å². The van der Waals surface area contributed by atoms with Crippen molar-refractivity contribution in [2.45, 2.75) is 36.6 Å². The smallest absolute Gasteiger partial charge is 0.254 e. The molecule has 2 rings (SSSR count). The highest BCUT2D eigenvalue weighted by atomic mass is 32.2. The number of aliphatic hydroxyl groups is 1. The lowest BCUT2D eigenvalue weighted by atomic mass is 9.99. The van der Waals surface area contributed by atoms with Gasteiger partial charge >= 0.3 is 0 Å². The average Bonchev–Trinajstić information content (AvgIpc) is 2.92. The van der Waals surface area contributed by atoms with Crippen LogP contribution in [0.15, 0.2) is 35.7 Å². The Labute approximate surface area is 140 Å². The van der Waals surface area contributed by atoms with E-state index in [1.165, 1.54) is 11.8 Å². The summed E-state index contributed by atoms with van der Waals surface area (Å²) in [5.41, 5.74) is -0.00578. The first-order valence-electron chi connectivity index (χ1n) is 7.41. The van der Waals surface area contributed by atoms with Crippen molar-refractivity contribution in [3.8, 4) is 0 Å². The minimum absolute atomic E-state index is 0.0954. The number of hydrogen-bond acceptors (Lipinski definition) is 5. The molecule has 6 nitrogen and oxygen atoms in total. The molecule has 0 saturated heterocycles. The molecule has 0 aliphatic rings. The summed E-state index contributed by atoms with van der Waals surface area (Å²) in [6.07, 6.45) is 5.00. The second kappa shape index (κ2) is 7.14. The van der Waals surface area contributed by atoms with E-state index in [2.05, 4.69) is 15.4 Å². The van der Waals surface area contributed by atoms with Gasteiger partial charge < -0.3 is 10.4 Å². The maximum Gasteiger partial charge on any atom is 0.254 e. The summed E-state index contributed by atoms with van der Waals surface area (Å²) < 4.78 is 1.62. The van der Waals surface area contributed by atoms with Crippen molar-refractivity contribution in [2.75, 3.05) is 6.54 Å². The van der Waals surface area contributed by atoms with Crippen LogP contribution in [0.2, 0.25) is 0 Å². The predicted molar refractivity (Wildman–Crippen MR) is 90.3 cm³/mol. The summed E-state index contributed by atoms with van der Waals surface area (Å²) in [6, 6.07) is 3.48. The lowest BCUT2D eigenvalue weighted by Crippen LogP contribution is -2.38. The zero-order valence-electron chi connectivity index (χ0n) is 13.8. The number of aryl methyl sites for hydroxylation is 1. The quantitative estimate of drug-likeness (QED) is 0.789. The summed E-state index contributed by atoms with van der Waals surface area (Å²) in [5.74, 6) is -0.245. The van der Waals surface area contributed by atoms with Gasteiger partial charge in [-0.3, -0.25) is 9.48 Å². The Morgan fingerprint density at radius 3 is 2.87 bits per heavy atom. The number of rotatable bonds is 6. The molecule has 0 radical (unpaired) electrons. The zero-order chi connectivity index (χ0) is 17.0. The van der Waals surface area contributed by atoms with Gasteiger partial charge in [-0.05, 0) is 19.1 Å². The van der Waals surface area contributed by atoms with Gasteiger partial charge in [0.25, 0.3) is 5.91 Å². The maximum atomic E-state index is 12.4. The van der Waals surface area contributed by atoms with Gasteiger partial charge in [-0.15, -0.1) is 11.8 Å². The Hall–Kier alpha value is -1.86. The summed E-state index contributed by atoms with van der Waals surface area (Å²) in [5, 5.41) is 18.4. The molecule has 23 heavy (non-hydrogen) atoms. The first-order chi connectivity index (χ1) is 10.8. The van der Waals surface area contributed by atoms with Crippen molar-refractivity contribution in [1.29, 1.82) is 0 Å². The maximum absolute atomic E-state index is 12.4. The molecular formula is C16H22N4O2S. The van der Waals surface area contributed by atoms with E-state index in [4.69, 9.17) is 0 Å². The molecule has 2 aromatic heterocycles. The average molecular weight is 334 g/mol. The van der Waals surface area contributed by atoms with Gasteiger partial charge in [0.05, 0.1) is 18.3 Å². The number of hydrogen-bond donors (Lipinski definition) is 2. The summed E-state index contributed by atoms with van der Waals surface area (Å²) >= 11 is 1.54. The second-order valence-electron chi connectivity index (χ2n) is 5.88. The number of nitrogens with zero attached hydrogens (tertiary/aromatic N) is 3. The van der Waals surface area contributed by atoms with Crippen LogP contribution in [-0.2, 0) is 12.6 Å². The van der Waals surface area contributed by atoms with Crippen molar-refractivity contribution < 1.29 is 9.90 Å². The third-order valence-electron chi connectivity index (χ3n) is 3.28. The minimum Gasteiger partial charge on any atom is -0.383 e. The Morgan fingerprint density at radius 1 is 1.52 bits per heavy atom. The van der Waals surface area contributed by atoms with Gasteiger partial charge in [-0.25, -0.2) is 4.98 Å². The number of nitrogens with one attached hydrogen (secondary N) is 1. The molecule has 7 heteroatoms. The van der Waals surface area contributed by atoms with Crippen LogP contribution in [0.25, 0.3) is 0 Å². The first-order valence-corrected chi connectivity index (χ1v) is 8.29. The molecule has 124 valence electrons. The normalized spacial score (nSPS) is 13.8. The van der Waals surface area contributed by atoms with E-state index in [0.717, 1.165) is 0 Å². The molecule has 2 N–H and O–H groups in total. The van der Waals surface area contributed by atoms with Gasteiger partial charge in [-0.1, -0.05) is 13.8 Å². The lowest BCUT2D eigenvalue weighted by molar-refractivity contribution is 0.0525. The van der Waals surface area contributed by atoms with Crippen LogP contribution >= 0.6 is 11.8 Å². The minimum atomic E-state index is -1.18. The summed E-state index contributed by atoms with van der Waals surface area (Å²) in [6.45, 7) is 5.85. The third-order valence-corrected chi connectivity index (χ3v) is 4.30. The van der Waals surface area contributed by atoms with E-state index < -0.39 is 5.60 Å². The van der Waals surface area contributed by atoms with Crippen LogP contribution in [0.4, 0.5) is 0 Å². The molecule has 2 aromatic rings. The zero-order valence-corrected chi connectivity index (χ0v) is 14.6. The topological polar surface area (TPSA) is 80.0 Å². The standard InChI is InChI=1S/C16H22N4O2S/c1-11(2)23-15-13(6-5-7-17-15)14(21)18-10-16(3,22)12-8-19-20(4)9-12/h5-9,11,22H,10H2,1-4H3,(H,18,21)/t16-/m1/s1. The molecular weight excluding hydrogens is 312 g/mol. The molecule has 1 amide bonds. The molecule has 0 saturated carbocycles. The van der Waals surface area contributed by atoms with Gasteiger partial charge in [0.2, 0.25) is 0 Å². The number of thioether (sulfide) groups is 1. The van der Waals surface area contributed by atoms with E-state index in [-0.39, 0.29) is 12.5 Å². The third kappa shape index (κ3) is 4.56. The second-order valence-corrected chi connectivity index (χ2v) is 7.45. The van der Waals surface area contributed by atoms with E-state index in [1.807, 2.05) is 13.8 Å². The molecule has 0 aromatic carbocycles. The highest BCUT2D eigenvalue weighted by Gasteiger charge is 2.26. The molecule has 0 aliphatic carbocycles. The van der Waals surface area contributed by atoms with Crippen molar-refractivity contribution in [3.63, 3.8) is 0 Å². The van der Waals surface area contributed by atoms with Gasteiger partial charge in [0.15, 0.2) is 0 Å². The summed E-state index contributed by atoms with van der Waals surface area (Å²) in [7, 11) is 1.78. The fourth-order valence-corrected chi connectivity index (χ4v) is 2.89.